The van der Waals surface area contributed by atoms with Crippen molar-refractivity contribution >= 4 is 39.2 Å². The van der Waals surface area contributed by atoms with E-state index in [1.54, 1.807) is 0 Å². The third-order valence-electron chi connectivity index (χ3n) is 1.93. The van der Waals surface area contributed by atoms with Crippen LogP contribution in [0.2, 0.25) is 0 Å². The summed E-state index contributed by atoms with van der Waals surface area (Å²) in [6.45, 7) is 1.93. The van der Waals surface area contributed by atoms with Crippen molar-refractivity contribution in [1.29, 1.82) is 0 Å². The Hall–Kier alpha value is -1.21. The van der Waals surface area contributed by atoms with Gasteiger partial charge in [0.1, 0.15) is 0 Å². The summed E-state index contributed by atoms with van der Waals surface area (Å²) in [5.41, 5.74) is 0. The van der Waals surface area contributed by atoms with Crippen LogP contribution in [0.15, 0.2) is 20.3 Å². The van der Waals surface area contributed by atoms with Crippen LogP contribution in [0.4, 0.5) is 6.01 Å². The topological polar surface area (TPSA) is 68.0 Å². The molecule has 7 heteroatoms. The fourth-order valence-corrected chi connectivity index (χ4v) is 2.52. The van der Waals surface area contributed by atoms with E-state index in [0.29, 0.717) is 12.3 Å². The number of thiophene rings is 1. The summed E-state index contributed by atoms with van der Waals surface area (Å²) in [5.74, 6) is 0.294. The highest BCUT2D eigenvalue weighted by Crippen LogP contribution is 2.30. The summed E-state index contributed by atoms with van der Waals surface area (Å²) < 4.78 is 6.32. The lowest BCUT2D eigenvalue weighted by molar-refractivity contribution is -0.116. The maximum absolute atomic E-state index is 11.3. The predicted molar refractivity (Wildman–Crippen MR) is 68.8 cm³/mol. The summed E-state index contributed by atoms with van der Waals surface area (Å²) in [4.78, 5) is 12.2. The number of hydrogen-bond acceptors (Lipinski definition) is 5. The molecule has 2 aromatic heterocycles. The molecule has 0 radical (unpaired) electrons. The Kier molecular flexibility index (Phi) is 3.90. The summed E-state index contributed by atoms with van der Waals surface area (Å²) in [6.07, 6.45) is 1.23. The van der Waals surface area contributed by atoms with Gasteiger partial charge in [0.05, 0.1) is 8.66 Å². The Morgan fingerprint density at radius 1 is 1.53 bits per heavy atom. The molecular formula is C10H10BrN3O2S. The molecule has 2 rings (SSSR count). The van der Waals surface area contributed by atoms with E-state index < -0.39 is 0 Å². The van der Waals surface area contributed by atoms with Gasteiger partial charge in [-0.1, -0.05) is 12.0 Å². The second-order valence-corrected chi connectivity index (χ2v) is 5.78. The van der Waals surface area contributed by atoms with Crippen molar-refractivity contribution in [3.05, 3.63) is 15.9 Å². The minimum Gasteiger partial charge on any atom is -0.402 e. The zero-order valence-corrected chi connectivity index (χ0v) is 11.5. The zero-order valence-electron chi connectivity index (χ0n) is 9.07. The number of anilines is 1. The molecule has 17 heavy (non-hydrogen) atoms. The molecule has 0 unspecified atom stereocenters. The maximum Gasteiger partial charge on any atom is 0.322 e. The van der Waals surface area contributed by atoms with Crippen LogP contribution < -0.4 is 5.32 Å². The zero-order chi connectivity index (χ0) is 12.3. The quantitative estimate of drug-likeness (QED) is 0.940. The first kappa shape index (κ1) is 12.3. The minimum absolute atomic E-state index is 0.116. The number of hydrogen-bond donors (Lipinski definition) is 1. The van der Waals surface area contributed by atoms with Gasteiger partial charge in [-0.15, -0.1) is 16.4 Å². The molecule has 0 bridgehead atoms. The van der Waals surface area contributed by atoms with E-state index in [4.69, 9.17) is 4.42 Å². The molecule has 0 saturated heterocycles. The van der Waals surface area contributed by atoms with E-state index in [0.717, 1.165) is 15.1 Å². The molecular weight excluding hydrogens is 306 g/mol. The Bertz CT molecular complexity index is 523. The van der Waals surface area contributed by atoms with E-state index in [2.05, 4.69) is 31.4 Å². The normalized spacial score (nSPS) is 10.5. The maximum atomic E-state index is 11.3. The van der Waals surface area contributed by atoms with Crippen molar-refractivity contribution < 1.29 is 9.21 Å². The van der Waals surface area contributed by atoms with Crippen LogP contribution in [0.25, 0.3) is 10.8 Å². The molecule has 0 aliphatic heterocycles. The number of carbonyl (C=O) groups is 1. The number of aromatic nitrogens is 2. The van der Waals surface area contributed by atoms with Crippen LogP contribution in [-0.4, -0.2) is 16.1 Å². The van der Waals surface area contributed by atoms with Crippen LogP contribution in [0.3, 0.4) is 0 Å². The predicted octanol–water partition coefficient (Wildman–Crippen LogP) is 3.30. The van der Waals surface area contributed by atoms with Gasteiger partial charge in [-0.05, 0) is 34.5 Å². The third kappa shape index (κ3) is 3.13. The fourth-order valence-electron chi connectivity index (χ4n) is 1.21. The molecule has 0 aliphatic carbocycles. The summed E-state index contributed by atoms with van der Waals surface area (Å²) in [7, 11) is 0. The van der Waals surface area contributed by atoms with E-state index in [-0.39, 0.29) is 11.9 Å². The third-order valence-corrected chi connectivity index (χ3v) is 3.54. The number of carbonyl (C=O) groups excluding carboxylic acids is 1. The van der Waals surface area contributed by atoms with Crippen LogP contribution >= 0.6 is 27.3 Å². The molecule has 0 aromatic carbocycles. The second-order valence-electron chi connectivity index (χ2n) is 3.31. The summed E-state index contributed by atoms with van der Waals surface area (Å²) >= 11 is 4.85. The first-order valence-electron chi connectivity index (χ1n) is 5.08. The van der Waals surface area contributed by atoms with Crippen LogP contribution in [0, 0.1) is 0 Å². The monoisotopic (exact) mass is 315 g/mol. The lowest BCUT2D eigenvalue weighted by Crippen LogP contribution is -2.10. The van der Waals surface area contributed by atoms with Crippen molar-refractivity contribution in [3.63, 3.8) is 0 Å². The SMILES string of the molecule is CCCC(=O)Nc1nnc(-c2ccc(Br)s2)o1. The lowest BCUT2D eigenvalue weighted by Gasteiger charge is -1.96. The number of nitrogens with one attached hydrogen (secondary N) is 1. The smallest absolute Gasteiger partial charge is 0.322 e. The van der Waals surface area contributed by atoms with Gasteiger partial charge >= 0.3 is 6.01 Å². The van der Waals surface area contributed by atoms with Crippen LogP contribution in [-0.2, 0) is 4.79 Å². The molecule has 0 fully saturated rings. The van der Waals surface area contributed by atoms with Gasteiger partial charge in [-0.3, -0.25) is 10.1 Å². The Labute approximate surface area is 110 Å². The van der Waals surface area contributed by atoms with Crippen molar-refractivity contribution in [2.75, 3.05) is 5.32 Å². The van der Waals surface area contributed by atoms with Gasteiger partial charge in [0.15, 0.2) is 0 Å². The molecule has 90 valence electrons. The van der Waals surface area contributed by atoms with Crippen LogP contribution in [0.5, 0.6) is 0 Å². The first-order valence-corrected chi connectivity index (χ1v) is 6.69. The number of halogens is 1. The Balaban J connectivity index is 2.08. The van der Waals surface area contributed by atoms with Crippen molar-refractivity contribution in [2.45, 2.75) is 19.8 Å². The van der Waals surface area contributed by atoms with Crippen LogP contribution in [0.1, 0.15) is 19.8 Å². The van der Waals surface area contributed by atoms with Crippen molar-refractivity contribution in [1.82, 2.24) is 10.2 Å². The highest BCUT2D eigenvalue weighted by Gasteiger charge is 2.12. The minimum atomic E-state index is -0.116. The standard InChI is InChI=1S/C10H10BrN3O2S/c1-2-3-8(15)12-10-14-13-9(16-10)6-4-5-7(11)17-6/h4-5H,2-3H2,1H3,(H,12,14,15). The Morgan fingerprint density at radius 3 is 3.00 bits per heavy atom. The van der Waals surface area contributed by atoms with Gasteiger partial charge in [0.25, 0.3) is 5.89 Å². The first-order chi connectivity index (χ1) is 8.19. The summed E-state index contributed by atoms with van der Waals surface area (Å²) in [5, 5.41) is 10.2. The molecule has 5 nitrogen and oxygen atoms in total. The van der Waals surface area contributed by atoms with Gasteiger partial charge in [0.2, 0.25) is 5.91 Å². The van der Waals surface area contributed by atoms with E-state index in [9.17, 15) is 4.79 Å². The molecule has 0 saturated carbocycles. The molecule has 1 amide bonds. The lowest BCUT2D eigenvalue weighted by atomic mass is 10.3. The number of amides is 1. The van der Waals surface area contributed by atoms with E-state index in [1.807, 2.05) is 19.1 Å². The molecule has 2 heterocycles. The van der Waals surface area contributed by atoms with Gasteiger partial charge in [-0.25, -0.2) is 0 Å². The largest absolute Gasteiger partial charge is 0.402 e. The molecule has 2 aromatic rings. The molecule has 1 N–H and O–H groups in total. The Morgan fingerprint density at radius 2 is 2.35 bits per heavy atom. The van der Waals surface area contributed by atoms with E-state index >= 15 is 0 Å². The summed E-state index contributed by atoms with van der Waals surface area (Å²) in [6, 6.07) is 3.92. The average Bonchev–Trinajstić information content (AvgIpc) is 2.87. The van der Waals surface area contributed by atoms with Crippen molar-refractivity contribution in [3.8, 4) is 10.8 Å². The number of rotatable bonds is 4. The highest BCUT2D eigenvalue weighted by molar-refractivity contribution is 9.11. The molecule has 0 atom stereocenters. The number of nitrogens with zero attached hydrogens (tertiary/aromatic N) is 2. The van der Waals surface area contributed by atoms with Gasteiger partial charge in [0, 0.05) is 6.42 Å². The highest BCUT2D eigenvalue weighted by atomic mass is 79.9. The van der Waals surface area contributed by atoms with Crippen molar-refractivity contribution in [2.24, 2.45) is 0 Å². The molecule has 0 spiro atoms. The van der Waals surface area contributed by atoms with Gasteiger partial charge < -0.3 is 4.42 Å². The average molecular weight is 316 g/mol. The fraction of sp³-hybridized carbons (Fsp3) is 0.300. The molecule has 0 aliphatic rings. The van der Waals surface area contributed by atoms with E-state index in [1.165, 1.54) is 11.3 Å². The van der Waals surface area contributed by atoms with Gasteiger partial charge in [-0.2, -0.15) is 0 Å². The second kappa shape index (κ2) is 5.42.